The molecule has 0 fully saturated rings. The third kappa shape index (κ3) is 3.49. The van der Waals surface area contributed by atoms with E-state index in [1.54, 1.807) is 42.9 Å². The van der Waals surface area contributed by atoms with E-state index in [2.05, 4.69) is 10.3 Å². The lowest BCUT2D eigenvalue weighted by Gasteiger charge is -2.31. The highest BCUT2D eigenvalue weighted by Gasteiger charge is 2.50. The SMILES string of the molecule is O=C1NC(=O)C(c2cccc3ccoc23)=C1C1=CN=CC[N+]2(C(=O)Oc3ccccc3)CCc3cccc1c32. The quantitative estimate of drug-likeness (QED) is 0.304. The van der Waals surface area contributed by atoms with E-state index in [1.165, 1.54) is 0 Å². The van der Waals surface area contributed by atoms with E-state index in [-0.39, 0.29) is 15.6 Å². The van der Waals surface area contributed by atoms with Gasteiger partial charge in [-0.15, -0.1) is 0 Å². The first-order valence-corrected chi connectivity index (χ1v) is 12.6. The van der Waals surface area contributed by atoms with Gasteiger partial charge in [-0.1, -0.05) is 48.5 Å². The van der Waals surface area contributed by atoms with Gasteiger partial charge in [0.05, 0.1) is 30.2 Å². The smallest absolute Gasteiger partial charge is 0.464 e. The van der Waals surface area contributed by atoms with Gasteiger partial charge in [0.2, 0.25) is 0 Å². The van der Waals surface area contributed by atoms with E-state index < -0.39 is 17.9 Å². The van der Waals surface area contributed by atoms with E-state index in [0.717, 1.165) is 16.6 Å². The molecule has 1 N–H and O–H groups in total. The van der Waals surface area contributed by atoms with Crippen molar-refractivity contribution in [1.82, 2.24) is 9.80 Å². The Hall–Kier alpha value is -5.08. The summed E-state index contributed by atoms with van der Waals surface area (Å²) in [6.07, 6.45) is 5.04. The van der Waals surface area contributed by atoms with Crippen LogP contribution in [-0.4, -0.2) is 37.2 Å². The molecule has 0 aliphatic carbocycles. The van der Waals surface area contributed by atoms with Crippen LogP contribution in [0.1, 0.15) is 16.7 Å². The summed E-state index contributed by atoms with van der Waals surface area (Å²) in [5.41, 5.74) is 4.29. The summed E-state index contributed by atoms with van der Waals surface area (Å²) in [7, 11) is 0. The second-order valence-electron chi connectivity index (χ2n) is 9.67. The molecule has 3 aromatic carbocycles. The minimum absolute atomic E-state index is 0.104. The average Bonchev–Trinajstić information content (AvgIpc) is 3.64. The van der Waals surface area contributed by atoms with E-state index in [0.29, 0.717) is 47.5 Å². The first-order valence-electron chi connectivity index (χ1n) is 12.6. The molecule has 3 aliphatic rings. The first-order chi connectivity index (χ1) is 19.1. The van der Waals surface area contributed by atoms with Crippen LogP contribution in [-0.2, 0) is 16.0 Å². The van der Waals surface area contributed by atoms with Crippen LogP contribution in [0.25, 0.3) is 22.1 Å². The number of quaternary nitrogens is 1. The molecule has 4 heterocycles. The van der Waals surface area contributed by atoms with Crippen LogP contribution in [0.2, 0.25) is 0 Å². The molecule has 0 bridgehead atoms. The van der Waals surface area contributed by atoms with E-state index in [4.69, 9.17) is 9.15 Å². The van der Waals surface area contributed by atoms with Crippen LogP contribution in [0.4, 0.5) is 10.5 Å². The maximum Gasteiger partial charge on any atom is 0.527 e. The number of hydrogen-bond acceptors (Lipinski definition) is 6. The molecule has 0 radical (unpaired) electrons. The van der Waals surface area contributed by atoms with Gasteiger partial charge in [0.15, 0.2) is 5.69 Å². The molecule has 1 aromatic heterocycles. The molecule has 3 amide bonds. The number of hydrogen-bond donors (Lipinski definition) is 1. The Balaban J connectivity index is 1.44. The van der Waals surface area contributed by atoms with E-state index in [1.807, 2.05) is 48.5 Å². The highest BCUT2D eigenvalue weighted by molar-refractivity contribution is 6.41. The number of nitrogens with zero attached hydrogens (tertiary/aromatic N) is 2. The topological polar surface area (TPSA) is 98.0 Å². The lowest BCUT2D eigenvalue weighted by atomic mass is 9.89. The highest BCUT2D eigenvalue weighted by atomic mass is 16.6. The van der Waals surface area contributed by atoms with Crippen molar-refractivity contribution in [3.63, 3.8) is 0 Å². The molecular weight excluding hydrogens is 494 g/mol. The fourth-order valence-electron chi connectivity index (χ4n) is 5.80. The van der Waals surface area contributed by atoms with Gasteiger partial charge in [-0.25, -0.2) is 0 Å². The number of rotatable bonds is 3. The number of carbonyl (C=O) groups excluding carboxylic acids is 3. The van der Waals surface area contributed by atoms with Gasteiger partial charge in [-0.3, -0.25) is 19.9 Å². The Labute approximate surface area is 223 Å². The van der Waals surface area contributed by atoms with Crippen molar-refractivity contribution in [2.24, 2.45) is 4.99 Å². The number of fused-ring (bicyclic) bond motifs is 1. The van der Waals surface area contributed by atoms with E-state index in [9.17, 15) is 14.4 Å². The Bertz CT molecular complexity index is 1800. The van der Waals surface area contributed by atoms with Crippen LogP contribution in [0.3, 0.4) is 0 Å². The monoisotopic (exact) mass is 516 g/mol. The summed E-state index contributed by atoms with van der Waals surface area (Å²) in [6, 6.07) is 22.0. The van der Waals surface area contributed by atoms with Gasteiger partial charge in [0.1, 0.15) is 17.9 Å². The maximum atomic E-state index is 13.8. The molecule has 0 saturated heterocycles. The lowest BCUT2D eigenvalue weighted by Crippen LogP contribution is -2.56. The van der Waals surface area contributed by atoms with Crippen molar-refractivity contribution < 1.29 is 23.5 Å². The van der Waals surface area contributed by atoms with Crippen LogP contribution in [0.5, 0.6) is 5.75 Å². The lowest BCUT2D eigenvalue weighted by molar-refractivity contribution is -0.123. The number of imide groups is 1. The van der Waals surface area contributed by atoms with Crippen molar-refractivity contribution in [3.05, 3.63) is 108 Å². The number of carbonyl (C=O) groups is 3. The van der Waals surface area contributed by atoms with Gasteiger partial charge in [0, 0.05) is 40.3 Å². The van der Waals surface area contributed by atoms with Gasteiger partial charge in [0.25, 0.3) is 11.8 Å². The molecule has 8 heteroatoms. The normalized spacial score (nSPS) is 19.9. The highest BCUT2D eigenvalue weighted by Crippen LogP contribution is 2.46. The van der Waals surface area contributed by atoms with Crippen LogP contribution in [0, 0.1) is 0 Å². The summed E-state index contributed by atoms with van der Waals surface area (Å²) in [5, 5.41) is 3.28. The fraction of sp³-hybridized carbons (Fsp3) is 0.0968. The summed E-state index contributed by atoms with van der Waals surface area (Å²) in [5.74, 6) is -0.586. The minimum Gasteiger partial charge on any atom is -0.464 e. The average molecular weight is 517 g/mol. The largest absolute Gasteiger partial charge is 0.527 e. The summed E-state index contributed by atoms with van der Waals surface area (Å²) in [6.45, 7) is 0.780. The molecule has 0 saturated carbocycles. The van der Waals surface area contributed by atoms with Gasteiger partial charge < -0.3 is 9.15 Å². The molecule has 39 heavy (non-hydrogen) atoms. The molecule has 3 aliphatic heterocycles. The minimum atomic E-state index is -0.527. The number of benzene rings is 3. The summed E-state index contributed by atoms with van der Waals surface area (Å²) < 4.78 is 11.5. The Morgan fingerprint density at radius 1 is 0.897 bits per heavy atom. The standard InChI is InChI=1S/C31H21N3O5/c35-29-25(23-11-5-7-20-13-17-38-28(20)23)26(30(36)33-29)24-18-32-14-16-34(31(37)39-21-8-2-1-3-9-21)15-12-19-6-4-10-22(24)27(19)34/h1-11,13-14,17-18H,12,15-16H2/p+1. The first kappa shape index (κ1) is 23.1. The van der Waals surface area contributed by atoms with Crippen LogP contribution < -0.4 is 14.5 Å². The summed E-state index contributed by atoms with van der Waals surface area (Å²) >= 11 is 0. The molecule has 190 valence electrons. The Morgan fingerprint density at radius 3 is 2.56 bits per heavy atom. The van der Waals surface area contributed by atoms with Gasteiger partial charge in [-0.05, 0) is 24.3 Å². The van der Waals surface area contributed by atoms with Crippen molar-refractivity contribution in [2.45, 2.75) is 6.42 Å². The molecule has 0 spiro atoms. The Kier molecular flexibility index (Phi) is 5.17. The van der Waals surface area contributed by atoms with Crippen molar-refractivity contribution in [3.8, 4) is 5.75 Å². The number of aliphatic imine (C=N–C) groups is 1. The number of ether oxygens (including phenoxy) is 1. The zero-order chi connectivity index (χ0) is 26.6. The Morgan fingerprint density at radius 2 is 1.69 bits per heavy atom. The number of para-hydroxylation sites is 3. The third-order valence-electron chi connectivity index (χ3n) is 7.55. The molecular formula is C31H22N3O5+. The predicted octanol–water partition coefficient (Wildman–Crippen LogP) is 5.03. The zero-order valence-corrected chi connectivity index (χ0v) is 20.7. The van der Waals surface area contributed by atoms with Crippen LogP contribution in [0.15, 0.2) is 100 Å². The number of nitrogens with one attached hydrogen (secondary N) is 1. The van der Waals surface area contributed by atoms with Crippen molar-refractivity contribution >= 4 is 51.9 Å². The van der Waals surface area contributed by atoms with E-state index >= 15 is 0 Å². The molecule has 1 unspecified atom stereocenters. The van der Waals surface area contributed by atoms with Crippen LogP contribution >= 0.6 is 0 Å². The number of amides is 3. The zero-order valence-electron chi connectivity index (χ0n) is 20.7. The van der Waals surface area contributed by atoms with Crippen molar-refractivity contribution in [2.75, 3.05) is 13.1 Å². The maximum absolute atomic E-state index is 13.8. The number of furan rings is 1. The second-order valence-corrected chi connectivity index (χ2v) is 9.67. The summed E-state index contributed by atoms with van der Waals surface area (Å²) in [4.78, 5) is 44.9. The fourth-order valence-corrected chi connectivity index (χ4v) is 5.80. The molecule has 1 atom stereocenters. The van der Waals surface area contributed by atoms with Crippen molar-refractivity contribution in [1.29, 1.82) is 0 Å². The third-order valence-corrected chi connectivity index (χ3v) is 7.55. The van der Waals surface area contributed by atoms with Gasteiger partial charge >= 0.3 is 6.09 Å². The second kappa shape index (κ2) is 8.75. The predicted molar refractivity (Wildman–Crippen MR) is 147 cm³/mol. The van der Waals surface area contributed by atoms with Gasteiger partial charge in [-0.2, -0.15) is 9.28 Å². The molecule has 8 nitrogen and oxygen atoms in total. The molecule has 4 aromatic rings. The molecule has 7 rings (SSSR count).